The lowest BCUT2D eigenvalue weighted by molar-refractivity contribution is 0.256. The van der Waals surface area contributed by atoms with E-state index in [1.165, 1.54) is 6.07 Å². The number of hydrogen-bond donors (Lipinski definition) is 2. The van der Waals surface area contributed by atoms with Crippen molar-refractivity contribution in [2.24, 2.45) is 5.73 Å². The Morgan fingerprint density at radius 1 is 1.05 bits per heavy atom. The van der Waals surface area contributed by atoms with E-state index in [1.54, 1.807) is 33.0 Å². The van der Waals surface area contributed by atoms with Crippen LogP contribution in [0.25, 0.3) is 0 Å². The van der Waals surface area contributed by atoms with E-state index < -0.39 is 14.6 Å². The number of aromatic nitrogens is 2. The van der Waals surface area contributed by atoms with Crippen molar-refractivity contribution in [2.75, 3.05) is 49.5 Å². The molecule has 0 atom stereocenters. The zero-order valence-electron chi connectivity index (χ0n) is 24.0. The predicted molar refractivity (Wildman–Crippen MR) is 160 cm³/mol. The maximum Gasteiger partial charge on any atom is 0.227 e. The fraction of sp³-hybridized carbons (Fsp3) is 0.467. The molecule has 4 rings (SSSR count). The van der Waals surface area contributed by atoms with E-state index in [0.717, 1.165) is 61.5 Å². The van der Waals surface area contributed by atoms with Gasteiger partial charge in [-0.15, -0.1) is 0 Å². The van der Waals surface area contributed by atoms with Gasteiger partial charge in [0.15, 0.2) is 9.84 Å². The van der Waals surface area contributed by atoms with Gasteiger partial charge in [0.05, 0.1) is 21.9 Å². The summed E-state index contributed by atoms with van der Waals surface area (Å²) >= 11 is 0. The molecule has 1 aliphatic heterocycles. The molecule has 0 aliphatic carbocycles. The van der Waals surface area contributed by atoms with Crippen LogP contribution < -0.4 is 16.0 Å². The van der Waals surface area contributed by atoms with Crippen molar-refractivity contribution in [3.63, 3.8) is 0 Å². The van der Waals surface area contributed by atoms with Crippen LogP contribution in [0.15, 0.2) is 48.7 Å². The summed E-state index contributed by atoms with van der Waals surface area (Å²) in [7, 11) is -3.29. The standard InChI is InChI=1S/C30H41FN6O2S/c1-22-20-33-29(35-27(22)18-23-7-5-8-24(17-23)21-40(38,39)30(2,3)4)34-25-9-10-28(26(31)19-25)37-15-13-36(14-16-37)12-6-11-32/h5,7-10,17,19-20H,6,11-16,18,21,32H2,1-4H3,(H,33,34,35). The van der Waals surface area contributed by atoms with E-state index in [-0.39, 0.29) is 11.6 Å². The monoisotopic (exact) mass is 568 g/mol. The summed E-state index contributed by atoms with van der Waals surface area (Å²) in [6.07, 6.45) is 3.25. The first-order chi connectivity index (χ1) is 18.9. The zero-order valence-corrected chi connectivity index (χ0v) is 24.8. The lowest BCUT2D eigenvalue weighted by Crippen LogP contribution is -2.47. The van der Waals surface area contributed by atoms with Gasteiger partial charge in [-0.25, -0.2) is 22.8 Å². The minimum absolute atomic E-state index is 0.00850. The van der Waals surface area contributed by atoms with Crippen molar-refractivity contribution in [3.05, 3.63) is 76.9 Å². The second kappa shape index (κ2) is 12.6. The molecule has 3 aromatic rings. The lowest BCUT2D eigenvalue weighted by Gasteiger charge is -2.36. The molecule has 1 fully saturated rings. The van der Waals surface area contributed by atoms with Crippen molar-refractivity contribution in [3.8, 4) is 0 Å². The number of nitrogens with one attached hydrogen (secondary N) is 1. The van der Waals surface area contributed by atoms with Gasteiger partial charge in [-0.2, -0.15) is 0 Å². The SMILES string of the molecule is Cc1cnc(Nc2ccc(N3CCN(CCCN)CC3)c(F)c2)nc1Cc1cccc(CS(=O)(=O)C(C)(C)C)c1. The molecular formula is C30H41FN6O2S. The highest BCUT2D eigenvalue weighted by Gasteiger charge is 2.29. The molecule has 0 unspecified atom stereocenters. The highest BCUT2D eigenvalue weighted by atomic mass is 32.2. The number of halogens is 1. The van der Waals surface area contributed by atoms with E-state index in [1.807, 2.05) is 37.3 Å². The van der Waals surface area contributed by atoms with Crippen LogP contribution in [0.4, 0.5) is 21.7 Å². The molecule has 8 nitrogen and oxygen atoms in total. The topological polar surface area (TPSA) is 104 Å². The van der Waals surface area contributed by atoms with Crippen LogP contribution in [-0.4, -0.2) is 67.3 Å². The molecule has 0 bridgehead atoms. The summed E-state index contributed by atoms with van der Waals surface area (Å²) in [5, 5.41) is 3.14. The van der Waals surface area contributed by atoms with E-state index in [2.05, 4.69) is 20.1 Å². The zero-order chi connectivity index (χ0) is 28.9. The van der Waals surface area contributed by atoms with E-state index in [9.17, 15) is 8.42 Å². The normalized spacial score (nSPS) is 14.9. The molecule has 0 saturated carbocycles. The molecular weight excluding hydrogens is 527 g/mol. The number of sulfone groups is 1. The minimum atomic E-state index is -3.29. The number of hydrogen-bond acceptors (Lipinski definition) is 8. The lowest BCUT2D eigenvalue weighted by atomic mass is 10.0. The third kappa shape index (κ3) is 7.56. The third-order valence-corrected chi connectivity index (χ3v) is 9.90. The van der Waals surface area contributed by atoms with Gasteiger partial charge in [0.2, 0.25) is 5.95 Å². The maximum absolute atomic E-state index is 15.1. The Labute approximate surface area is 237 Å². The number of nitrogens with zero attached hydrogens (tertiary/aromatic N) is 4. The Hall–Kier alpha value is -3.08. The van der Waals surface area contributed by atoms with Crippen molar-refractivity contribution >= 4 is 27.2 Å². The Balaban J connectivity index is 1.43. The second-order valence-electron chi connectivity index (χ2n) is 11.5. The molecule has 10 heteroatoms. The van der Waals surface area contributed by atoms with Crippen LogP contribution in [0, 0.1) is 12.7 Å². The highest BCUT2D eigenvalue weighted by Crippen LogP contribution is 2.26. The Bertz CT molecular complexity index is 1420. The minimum Gasteiger partial charge on any atom is -0.367 e. The number of rotatable bonds is 10. The third-order valence-electron chi connectivity index (χ3n) is 7.32. The number of benzene rings is 2. The Kier molecular flexibility index (Phi) is 9.43. The average Bonchev–Trinajstić information content (AvgIpc) is 2.89. The molecule has 0 amide bonds. The van der Waals surface area contributed by atoms with Gasteiger partial charge >= 0.3 is 0 Å². The molecule has 40 heavy (non-hydrogen) atoms. The molecule has 1 aliphatic rings. The molecule has 3 N–H and O–H groups in total. The van der Waals surface area contributed by atoms with E-state index in [4.69, 9.17) is 10.7 Å². The fourth-order valence-electron chi connectivity index (χ4n) is 4.67. The van der Waals surface area contributed by atoms with Gasteiger partial charge in [-0.05, 0) is 82.1 Å². The summed E-state index contributed by atoms with van der Waals surface area (Å²) in [5.74, 6) is 0.0910. The summed E-state index contributed by atoms with van der Waals surface area (Å²) in [4.78, 5) is 13.5. The summed E-state index contributed by atoms with van der Waals surface area (Å²) in [6.45, 7) is 12.1. The first-order valence-corrected chi connectivity index (χ1v) is 15.5. The number of piperazine rings is 1. The Morgan fingerprint density at radius 2 is 1.77 bits per heavy atom. The van der Waals surface area contributed by atoms with Crippen LogP contribution in [-0.2, 0) is 22.0 Å². The van der Waals surface area contributed by atoms with Crippen LogP contribution >= 0.6 is 0 Å². The van der Waals surface area contributed by atoms with Gasteiger partial charge in [0, 0.05) is 44.5 Å². The fourth-order valence-corrected chi connectivity index (χ4v) is 5.72. The molecule has 0 radical (unpaired) electrons. The summed E-state index contributed by atoms with van der Waals surface area (Å²) in [6, 6.07) is 12.7. The smallest absolute Gasteiger partial charge is 0.227 e. The van der Waals surface area contributed by atoms with Crippen LogP contribution in [0.1, 0.15) is 49.6 Å². The number of anilines is 3. The van der Waals surface area contributed by atoms with Crippen LogP contribution in [0.2, 0.25) is 0 Å². The van der Waals surface area contributed by atoms with Crippen molar-refractivity contribution in [1.82, 2.24) is 14.9 Å². The largest absolute Gasteiger partial charge is 0.367 e. The van der Waals surface area contributed by atoms with Gasteiger partial charge < -0.3 is 16.0 Å². The Morgan fingerprint density at radius 3 is 2.45 bits per heavy atom. The number of nitrogens with two attached hydrogens (primary N) is 1. The van der Waals surface area contributed by atoms with Crippen LogP contribution in [0.5, 0.6) is 0 Å². The molecule has 1 aromatic heterocycles. The van der Waals surface area contributed by atoms with Crippen LogP contribution in [0.3, 0.4) is 0 Å². The summed E-state index contributed by atoms with van der Waals surface area (Å²) < 4.78 is 39.6. The van der Waals surface area contributed by atoms with Crippen molar-refractivity contribution in [2.45, 2.75) is 51.0 Å². The molecule has 216 valence electrons. The molecule has 2 heterocycles. The van der Waals surface area contributed by atoms with E-state index >= 15 is 4.39 Å². The van der Waals surface area contributed by atoms with Gasteiger partial charge in [-0.1, -0.05) is 24.3 Å². The second-order valence-corrected chi connectivity index (χ2v) is 14.2. The maximum atomic E-state index is 15.1. The molecule has 0 spiro atoms. The van der Waals surface area contributed by atoms with Crippen molar-refractivity contribution in [1.29, 1.82) is 0 Å². The van der Waals surface area contributed by atoms with Gasteiger partial charge in [0.1, 0.15) is 5.82 Å². The molecule has 2 aromatic carbocycles. The first kappa shape index (κ1) is 29.9. The highest BCUT2D eigenvalue weighted by molar-refractivity contribution is 7.91. The van der Waals surface area contributed by atoms with Gasteiger partial charge in [-0.3, -0.25) is 4.90 Å². The number of aryl methyl sites for hydroxylation is 1. The first-order valence-electron chi connectivity index (χ1n) is 13.8. The predicted octanol–water partition coefficient (Wildman–Crippen LogP) is 4.44. The quantitative estimate of drug-likeness (QED) is 0.370. The molecule has 1 saturated heterocycles. The van der Waals surface area contributed by atoms with Crippen molar-refractivity contribution < 1.29 is 12.8 Å². The van der Waals surface area contributed by atoms with E-state index in [0.29, 0.717) is 30.3 Å². The van der Waals surface area contributed by atoms with Gasteiger partial charge in [0.25, 0.3) is 0 Å². The average molecular weight is 569 g/mol. The summed E-state index contributed by atoms with van der Waals surface area (Å²) in [5.41, 5.74) is 10.3.